The first kappa shape index (κ1) is 15.6. The van der Waals surface area contributed by atoms with Crippen molar-refractivity contribution in [3.8, 4) is 0 Å². The second kappa shape index (κ2) is 7.22. The number of anilines is 1. The van der Waals surface area contributed by atoms with Crippen molar-refractivity contribution < 1.29 is 9.53 Å². The first-order valence-corrected chi connectivity index (χ1v) is 7.12. The molecule has 3 nitrogen and oxygen atoms in total. The Morgan fingerprint density at radius 1 is 1.39 bits per heavy atom. The van der Waals surface area contributed by atoms with Crippen molar-refractivity contribution in [2.24, 2.45) is 0 Å². The molecule has 0 saturated carbocycles. The predicted octanol–water partition coefficient (Wildman–Crippen LogP) is 4.51. The molecule has 0 aliphatic rings. The van der Waals surface area contributed by atoms with E-state index < -0.39 is 6.04 Å². The lowest BCUT2D eigenvalue weighted by molar-refractivity contribution is -0.144. The normalized spacial score (nSPS) is 12.1. The molecule has 1 aromatic carbocycles. The highest BCUT2D eigenvalue weighted by Crippen LogP contribution is 2.34. The zero-order valence-corrected chi connectivity index (χ0v) is 13.2. The maximum atomic E-state index is 11.7. The minimum atomic E-state index is -0.457. The Bertz CT molecular complexity index is 417. The first-order valence-electron chi connectivity index (χ1n) is 5.57. The monoisotopic (exact) mass is 353 g/mol. The minimum Gasteiger partial charge on any atom is -0.464 e. The van der Waals surface area contributed by atoms with Crippen LogP contribution in [0.15, 0.2) is 16.6 Å². The summed E-state index contributed by atoms with van der Waals surface area (Å²) in [6.45, 7) is 4.00. The van der Waals surface area contributed by atoms with Crippen LogP contribution in [0.3, 0.4) is 0 Å². The Hall–Kier alpha value is -0.450. The van der Waals surface area contributed by atoms with Gasteiger partial charge in [-0.25, -0.2) is 4.79 Å². The highest BCUT2D eigenvalue weighted by Gasteiger charge is 2.20. The molecule has 0 amide bonds. The van der Waals surface area contributed by atoms with E-state index in [1.807, 2.05) is 6.92 Å². The average Bonchev–Trinajstić information content (AvgIpc) is 2.28. The molecule has 18 heavy (non-hydrogen) atoms. The summed E-state index contributed by atoms with van der Waals surface area (Å²) >= 11 is 15.5. The van der Waals surface area contributed by atoms with Crippen molar-refractivity contribution >= 4 is 50.8 Å². The lowest BCUT2D eigenvalue weighted by atomic mass is 10.2. The fourth-order valence-corrected chi connectivity index (χ4v) is 2.74. The Morgan fingerprint density at radius 3 is 2.39 bits per heavy atom. The average molecular weight is 355 g/mol. The van der Waals surface area contributed by atoms with Crippen LogP contribution in [0, 0.1) is 0 Å². The number of carbonyl (C=O) groups is 1. The van der Waals surface area contributed by atoms with Crippen LogP contribution < -0.4 is 5.32 Å². The smallest absolute Gasteiger partial charge is 0.328 e. The van der Waals surface area contributed by atoms with E-state index in [9.17, 15) is 4.79 Å². The van der Waals surface area contributed by atoms with E-state index in [1.54, 1.807) is 19.1 Å². The largest absolute Gasteiger partial charge is 0.464 e. The van der Waals surface area contributed by atoms with Gasteiger partial charge < -0.3 is 10.1 Å². The number of halogens is 3. The zero-order valence-electron chi connectivity index (χ0n) is 10.1. The van der Waals surface area contributed by atoms with Gasteiger partial charge in [-0.2, -0.15) is 0 Å². The Labute approximate surface area is 125 Å². The van der Waals surface area contributed by atoms with E-state index in [-0.39, 0.29) is 5.97 Å². The second-order valence-corrected chi connectivity index (χ2v) is 5.33. The van der Waals surface area contributed by atoms with Crippen LogP contribution in [0.2, 0.25) is 10.0 Å². The molecule has 1 N–H and O–H groups in total. The van der Waals surface area contributed by atoms with Gasteiger partial charge in [-0.3, -0.25) is 0 Å². The van der Waals surface area contributed by atoms with Crippen molar-refractivity contribution in [2.45, 2.75) is 26.3 Å². The van der Waals surface area contributed by atoms with Gasteiger partial charge in [-0.15, -0.1) is 0 Å². The maximum Gasteiger partial charge on any atom is 0.328 e. The fraction of sp³-hybridized carbons (Fsp3) is 0.417. The predicted molar refractivity (Wildman–Crippen MR) is 78.5 cm³/mol. The van der Waals surface area contributed by atoms with E-state index in [1.165, 1.54) is 0 Å². The van der Waals surface area contributed by atoms with E-state index in [4.69, 9.17) is 27.9 Å². The third-order valence-corrected chi connectivity index (χ3v) is 3.36. The topological polar surface area (TPSA) is 38.3 Å². The zero-order chi connectivity index (χ0) is 13.7. The Morgan fingerprint density at radius 2 is 1.94 bits per heavy atom. The van der Waals surface area contributed by atoms with Gasteiger partial charge in [0.1, 0.15) is 6.04 Å². The lowest BCUT2D eigenvalue weighted by Gasteiger charge is -2.18. The molecule has 0 radical (unpaired) electrons. The van der Waals surface area contributed by atoms with E-state index in [0.717, 1.165) is 4.47 Å². The van der Waals surface area contributed by atoms with Crippen molar-refractivity contribution in [2.75, 3.05) is 11.9 Å². The van der Waals surface area contributed by atoms with E-state index in [2.05, 4.69) is 21.2 Å². The summed E-state index contributed by atoms with van der Waals surface area (Å²) < 4.78 is 5.76. The standard InChI is InChI=1S/C12H14BrCl2NO2/c1-3-10(12(17)18-4-2)16-11-8(14)5-7(13)6-9(11)15/h5-6,10,16H,3-4H2,1-2H3. The summed E-state index contributed by atoms with van der Waals surface area (Å²) in [6, 6.07) is 2.97. The molecule has 0 spiro atoms. The molecule has 6 heteroatoms. The molecule has 100 valence electrons. The molecule has 0 bridgehead atoms. The number of ether oxygens (including phenoxy) is 1. The molecule has 0 aliphatic heterocycles. The summed E-state index contributed by atoms with van der Waals surface area (Å²) in [5, 5.41) is 3.93. The van der Waals surface area contributed by atoms with Gasteiger partial charge in [-0.1, -0.05) is 46.1 Å². The van der Waals surface area contributed by atoms with Gasteiger partial charge in [0.15, 0.2) is 0 Å². The molecule has 0 aliphatic carbocycles. The molecule has 0 fully saturated rings. The van der Waals surface area contributed by atoms with Gasteiger partial charge in [0, 0.05) is 4.47 Å². The third kappa shape index (κ3) is 4.04. The summed E-state index contributed by atoms with van der Waals surface area (Å²) in [6.07, 6.45) is 0.585. The molecule has 0 aromatic heterocycles. The summed E-state index contributed by atoms with van der Waals surface area (Å²) in [4.78, 5) is 11.7. The highest BCUT2D eigenvalue weighted by molar-refractivity contribution is 9.10. The Balaban J connectivity index is 2.92. The van der Waals surface area contributed by atoms with Gasteiger partial charge in [0.05, 0.1) is 22.3 Å². The summed E-state index contributed by atoms with van der Waals surface area (Å²) in [5.74, 6) is -0.310. The van der Waals surface area contributed by atoms with Crippen molar-refractivity contribution in [1.29, 1.82) is 0 Å². The van der Waals surface area contributed by atoms with Crippen LogP contribution in [0.5, 0.6) is 0 Å². The van der Waals surface area contributed by atoms with Crippen molar-refractivity contribution in [3.05, 3.63) is 26.7 Å². The summed E-state index contributed by atoms with van der Waals surface area (Å²) in [5.41, 5.74) is 0.543. The number of carbonyl (C=O) groups excluding carboxylic acids is 1. The van der Waals surface area contributed by atoms with Crippen LogP contribution in [-0.2, 0) is 9.53 Å². The molecule has 1 aromatic rings. The minimum absolute atomic E-state index is 0.310. The Kier molecular flexibility index (Phi) is 6.26. The molecular formula is C12H14BrCl2NO2. The third-order valence-electron chi connectivity index (χ3n) is 2.30. The quantitative estimate of drug-likeness (QED) is 0.790. The van der Waals surface area contributed by atoms with Gasteiger partial charge in [0.2, 0.25) is 0 Å². The molecule has 1 unspecified atom stereocenters. The van der Waals surface area contributed by atoms with E-state index >= 15 is 0 Å². The number of hydrogen-bond acceptors (Lipinski definition) is 3. The number of benzene rings is 1. The van der Waals surface area contributed by atoms with Gasteiger partial charge in [0.25, 0.3) is 0 Å². The molecule has 1 atom stereocenters. The van der Waals surface area contributed by atoms with E-state index in [0.29, 0.717) is 28.8 Å². The van der Waals surface area contributed by atoms with Crippen LogP contribution in [0.25, 0.3) is 0 Å². The number of esters is 1. The van der Waals surface area contributed by atoms with Crippen molar-refractivity contribution in [3.63, 3.8) is 0 Å². The van der Waals surface area contributed by atoms with Gasteiger partial charge in [-0.05, 0) is 25.5 Å². The SMILES string of the molecule is CCOC(=O)C(CC)Nc1c(Cl)cc(Br)cc1Cl. The molecular weight excluding hydrogens is 341 g/mol. The number of nitrogens with one attached hydrogen (secondary N) is 1. The van der Waals surface area contributed by atoms with Crippen LogP contribution >= 0.6 is 39.1 Å². The highest BCUT2D eigenvalue weighted by atomic mass is 79.9. The van der Waals surface area contributed by atoms with Crippen molar-refractivity contribution in [1.82, 2.24) is 0 Å². The first-order chi connectivity index (χ1) is 8.49. The maximum absolute atomic E-state index is 11.7. The molecule has 1 rings (SSSR count). The lowest BCUT2D eigenvalue weighted by Crippen LogP contribution is -2.30. The van der Waals surface area contributed by atoms with Gasteiger partial charge >= 0.3 is 5.97 Å². The second-order valence-electron chi connectivity index (χ2n) is 3.60. The van der Waals surface area contributed by atoms with Crippen LogP contribution in [-0.4, -0.2) is 18.6 Å². The van der Waals surface area contributed by atoms with Crippen LogP contribution in [0.4, 0.5) is 5.69 Å². The summed E-state index contributed by atoms with van der Waals surface area (Å²) in [7, 11) is 0. The number of hydrogen-bond donors (Lipinski definition) is 1. The van der Waals surface area contributed by atoms with Crippen LogP contribution in [0.1, 0.15) is 20.3 Å². The fourth-order valence-electron chi connectivity index (χ4n) is 1.42. The number of rotatable bonds is 5. The molecule has 0 saturated heterocycles. The molecule has 0 heterocycles.